The van der Waals surface area contributed by atoms with E-state index < -0.39 is 0 Å². The number of para-hydroxylation sites is 1. The van der Waals surface area contributed by atoms with Gasteiger partial charge in [-0.2, -0.15) is 5.10 Å². The van der Waals surface area contributed by atoms with Crippen molar-refractivity contribution in [1.29, 1.82) is 0 Å². The summed E-state index contributed by atoms with van der Waals surface area (Å²) in [6.45, 7) is 0. The summed E-state index contributed by atoms with van der Waals surface area (Å²) in [6.07, 6.45) is 1.44. The molecule has 2 aromatic carbocycles. The summed E-state index contributed by atoms with van der Waals surface area (Å²) in [7, 11) is 0. The average Bonchev–Trinajstić information content (AvgIpc) is 2.39. The van der Waals surface area contributed by atoms with Gasteiger partial charge in [-0.15, -0.1) is 0 Å². The number of phenolic OH excluding ortho intramolecular Hbond substituents is 2. The van der Waals surface area contributed by atoms with E-state index in [-0.39, 0.29) is 11.5 Å². The van der Waals surface area contributed by atoms with Crippen LogP contribution in [0.1, 0.15) is 5.56 Å². The fraction of sp³-hybridized carbons (Fsp3) is 0. The summed E-state index contributed by atoms with van der Waals surface area (Å²) < 4.78 is 0.404. The van der Waals surface area contributed by atoms with Crippen molar-refractivity contribution in [3.8, 4) is 11.5 Å². The number of hydrazone groups is 1. The molecule has 0 aliphatic heterocycles. The Labute approximate surface area is 113 Å². The molecule has 0 aliphatic rings. The fourth-order valence-corrected chi connectivity index (χ4v) is 1.82. The highest BCUT2D eigenvalue weighted by Crippen LogP contribution is 2.32. The van der Waals surface area contributed by atoms with Crippen LogP contribution in [0, 0.1) is 0 Å². The summed E-state index contributed by atoms with van der Waals surface area (Å²) >= 11 is 3.19. The normalized spacial score (nSPS) is 10.7. The monoisotopic (exact) mass is 306 g/mol. The number of anilines is 1. The Balaban J connectivity index is 2.17. The Kier molecular flexibility index (Phi) is 3.84. The minimum absolute atomic E-state index is 0.0401. The topological polar surface area (TPSA) is 64.8 Å². The summed E-state index contributed by atoms with van der Waals surface area (Å²) in [6, 6.07) is 12.2. The highest BCUT2D eigenvalue weighted by Gasteiger charge is 2.07. The van der Waals surface area contributed by atoms with Crippen molar-refractivity contribution in [2.75, 3.05) is 5.43 Å². The van der Waals surface area contributed by atoms with Crippen LogP contribution in [0.25, 0.3) is 0 Å². The van der Waals surface area contributed by atoms with Gasteiger partial charge in [-0.3, -0.25) is 5.43 Å². The molecule has 5 heteroatoms. The second kappa shape index (κ2) is 5.55. The van der Waals surface area contributed by atoms with Gasteiger partial charge in [0, 0.05) is 0 Å². The molecule has 0 aromatic heterocycles. The van der Waals surface area contributed by atoms with Crippen LogP contribution in [-0.4, -0.2) is 16.4 Å². The van der Waals surface area contributed by atoms with Crippen molar-refractivity contribution < 1.29 is 10.2 Å². The zero-order chi connectivity index (χ0) is 13.0. The van der Waals surface area contributed by atoms with Crippen LogP contribution in [0.15, 0.2) is 52.0 Å². The van der Waals surface area contributed by atoms with Crippen LogP contribution in [0.3, 0.4) is 0 Å². The number of halogens is 1. The summed E-state index contributed by atoms with van der Waals surface area (Å²) in [5.41, 5.74) is 4.08. The molecule has 0 saturated carbocycles. The van der Waals surface area contributed by atoms with Crippen molar-refractivity contribution in [3.05, 3.63) is 52.5 Å². The molecule has 0 fully saturated rings. The average molecular weight is 307 g/mol. The lowest BCUT2D eigenvalue weighted by Gasteiger charge is -2.04. The van der Waals surface area contributed by atoms with E-state index in [1.807, 2.05) is 30.3 Å². The molecule has 2 aromatic rings. The molecule has 92 valence electrons. The largest absolute Gasteiger partial charge is 0.507 e. The quantitative estimate of drug-likeness (QED) is 0.463. The predicted octanol–water partition coefficient (Wildman–Crippen LogP) is 3.31. The SMILES string of the molecule is Oc1ccc(O)c(C=NNc2ccccc2)c1Br. The molecule has 0 heterocycles. The molecule has 4 nitrogen and oxygen atoms in total. The van der Waals surface area contributed by atoms with Crippen molar-refractivity contribution in [1.82, 2.24) is 0 Å². The van der Waals surface area contributed by atoms with E-state index in [4.69, 9.17) is 0 Å². The van der Waals surface area contributed by atoms with Crippen LogP contribution in [0.5, 0.6) is 11.5 Å². The maximum Gasteiger partial charge on any atom is 0.130 e. The molecule has 0 aliphatic carbocycles. The lowest BCUT2D eigenvalue weighted by Crippen LogP contribution is -1.91. The molecule has 0 amide bonds. The molecular weight excluding hydrogens is 296 g/mol. The third-order valence-corrected chi connectivity index (χ3v) is 3.13. The third kappa shape index (κ3) is 2.81. The van der Waals surface area contributed by atoms with Gasteiger partial charge in [-0.05, 0) is 40.2 Å². The lowest BCUT2D eigenvalue weighted by molar-refractivity contribution is 0.456. The van der Waals surface area contributed by atoms with E-state index in [2.05, 4.69) is 26.5 Å². The van der Waals surface area contributed by atoms with Gasteiger partial charge in [-0.1, -0.05) is 18.2 Å². The predicted molar refractivity (Wildman–Crippen MR) is 75.1 cm³/mol. The summed E-state index contributed by atoms with van der Waals surface area (Å²) in [5, 5.41) is 23.2. The summed E-state index contributed by atoms with van der Waals surface area (Å²) in [5.74, 6) is 0.0900. The number of phenols is 2. The van der Waals surface area contributed by atoms with Gasteiger partial charge in [0.2, 0.25) is 0 Å². The van der Waals surface area contributed by atoms with Crippen molar-refractivity contribution in [2.45, 2.75) is 0 Å². The second-order valence-electron chi connectivity index (χ2n) is 3.57. The van der Waals surface area contributed by atoms with Crippen LogP contribution in [0.2, 0.25) is 0 Å². The third-order valence-electron chi connectivity index (χ3n) is 2.30. The highest BCUT2D eigenvalue weighted by atomic mass is 79.9. The first-order chi connectivity index (χ1) is 8.68. The molecule has 0 spiro atoms. The Morgan fingerprint density at radius 2 is 1.67 bits per heavy atom. The van der Waals surface area contributed by atoms with E-state index in [1.54, 1.807) is 0 Å². The molecule has 0 saturated heterocycles. The van der Waals surface area contributed by atoms with Gasteiger partial charge in [0.15, 0.2) is 0 Å². The first-order valence-electron chi connectivity index (χ1n) is 5.23. The van der Waals surface area contributed by atoms with Crippen LogP contribution in [0.4, 0.5) is 5.69 Å². The standard InChI is InChI=1S/C13H11BrN2O2/c14-13-10(11(17)6-7-12(13)18)8-15-16-9-4-2-1-3-5-9/h1-8,16-18H. The Hall–Kier alpha value is -2.01. The number of hydrogen-bond acceptors (Lipinski definition) is 4. The number of nitrogens with one attached hydrogen (secondary N) is 1. The van der Waals surface area contributed by atoms with E-state index >= 15 is 0 Å². The number of hydrogen-bond donors (Lipinski definition) is 3. The fourth-order valence-electron chi connectivity index (χ4n) is 1.38. The number of benzene rings is 2. The Morgan fingerprint density at radius 3 is 2.39 bits per heavy atom. The number of rotatable bonds is 3. The van der Waals surface area contributed by atoms with E-state index in [1.165, 1.54) is 18.3 Å². The van der Waals surface area contributed by atoms with Gasteiger partial charge in [0.05, 0.1) is 21.9 Å². The maximum atomic E-state index is 9.65. The van der Waals surface area contributed by atoms with Crippen LogP contribution in [-0.2, 0) is 0 Å². The first kappa shape index (κ1) is 12.4. The van der Waals surface area contributed by atoms with E-state index in [0.29, 0.717) is 10.0 Å². The van der Waals surface area contributed by atoms with E-state index in [0.717, 1.165) is 5.69 Å². The second-order valence-corrected chi connectivity index (χ2v) is 4.36. The maximum absolute atomic E-state index is 9.65. The Bertz CT molecular complexity index is 571. The molecule has 18 heavy (non-hydrogen) atoms. The minimum Gasteiger partial charge on any atom is -0.507 e. The number of aromatic hydroxyl groups is 2. The molecule has 0 radical (unpaired) electrons. The van der Waals surface area contributed by atoms with Gasteiger partial charge in [-0.25, -0.2) is 0 Å². The van der Waals surface area contributed by atoms with Crippen molar-refractivity contribution >= 4 is 27.8 Å². The molecule has 0 atom stereocenters. The molecule has 0 unspecified atom stereocenters. The van der Waals surface area contributed by atoms with Gasteiger partial charge >= 0.3 is 0 Å². The molecule has 2 rings (SSSR count). The first-order valence-corrected chi connectivity index (χ1v) is 6.02. The van der Waals surface area contributed by atoms with Gasteiger partial charge in [0.25, 0.3) is 0 Å². The zero-order valence-corrected chi connectivity index (χ0v) is 10.9. The Morgan fingerprint density at radius 1 is 1.00 bits per heavy atom. The number of nitrogens with zero attached hydrogens (tertiary/aromatic N) is 1. The minimum atomic E-state index is 0.0401. The highest BCUT2D eigenvalue weighted by molar-refractivity contribution is 9.10. The molecule has 0 bridgehead atoms. The van der Waals surface area contributed by atoms with E-state index in [9.17, 15) is 10.2 Å². The molecule has 3 N–H and O–H groups in total. The smallest absolute Gasteiger partial charge is 0.130 e. The van der Waals surface area contributed by atoms with Crippen molar-refractivity contribution in [2.24, 2.45) is 5.10 Å². The molecular formula is C13H11BrN2O2. The zero-order valence-electron chi connectivity index (χ0n) is 9.34. The van der Waals surface area contributed by atoms with Crippen LogP contribution < -0.4 is 5.43 Å². The van der Waals surface area contributed by atoms with Gasteiger partial charge in [0.1, 0.15) is 11.5 Å². The van der Waals surface area contributed by atoms with Gasteiger partial charge < -0.3 is 10.2 Å². The lowest BCUT2D eigenvalue weighted by atomic mass is 10.2. The van der Waals surface area contributed by atoms with Crippen molar-refractivity contribution in [3.63, 3.8) is 0 Å². The summed E-state index contributed by atoms with van der Waals surface area (Å²) in [4.78, 5) is 0. The van der Waals surface area contributed by atoms with Crippen LogP contribution >= 0.6 is 15.9 Å².